The molecule has 1 atom stereocenters. The van der Waals surface area contributed by atoms with Gasteiger partial charge in [0.1, 0.15) is 5.01 Å². The Hall–Kier alpha value is -0.410. The summed E-state index contributed by atoms with van der Waals surface area (Å²) in [5.41, 5.74) is 1.40. The quantitative estimate of drug-likeness (QED) is 0.875. The summed E-state index contributed by atoms with van der Waals surface area (Å²) >= 11 is 1.92. The van der Waals surface area contributed by atoms with Gasteiger partial charge in [-0.2, -0.15) is 0 Å². The highest BCUT2D eigenvalue weighted by Gasteiger charge is 2.33. The standard InChI is InChI=1S/C13H22N2S/c1-9(2)13(3,14-4)12-15-10-7-5-6-8-11(10)16-12/h9,14H,5-8H2,1-4H3. The topological polar surface area (TPSA) is 24.9 Å². The average molecular weight is 238 g/mol. The first-order valence-corrected chi connectivity index (χ1v) is 7.07. The van der Waals surface area contributed by atoms with Gasteiger partial charge in [-0.25, -0.2) is 4.98 Å². The maximum atomic E-state index is 4.87. The molecule has 1 aliphatic rings. The van der Waals surface area contributed by atoms with Crippen LogP contribution in [0.25, 0.3) is 0 Å². The Morgan fingerprint density at radius 1 is 1.31 bits per heavy atom. The van der Waals surface area contributed by atoms with E-state index in [1.54, 1.807) is 0 Å². The second-order valence-electron chi connectivity index (χ2n) is 5.20. The minimum atomic E-state index is 0.0298. The molecule has 1 unspecified atom stereocenters. The van der Waals surface area contributed by atoms with Crippen molar-refractivity contribution in [3.8, 4) is 0 Å². The number of nitrogens with zero attached hydrogens (tertiary/aromatic N) is 1. The van der Waals surface area contributed by atoms with Crippen LogP contribution in [-0.4, -0.2) is 12.0 Å². The van der Waals surface area contributed by atoms with Gasteiger partial charge in [0.05, 0.1) is 11.2 Å². The van der Waals surface area contributed by atoms with E-state index in [1.807, 2.05) is 18.4 Å². The summed E-state index contributed by atoms with van der Waals surface area (Å²) in [6.45, 7) is 6.79. The number of fused-ring (bicyclic) bond motifs is 1. The Morgan fingerprint density at radius 3 is 2.56 bits per heavy atom. The van der Waals surface area contributed by atoms with E-state index in [4.69, 9.17) is 4.98 Å². The van der Waals surface area contributed by atoms with Gasteiger partial charge in [0.2, 0.25) is 0 Å². The number of nitrogens with one attached hydrogen (secondary N) is 1. The first-order valence-electron chi connectivity index (χ1n) is 6.26. The zero-order valence-electron chi connectivity index (χ0n) is 10.8. The second-order valence-corrected chi connectivity index (χ2v) is 6.29. The third kappa shape index (κ3) is 1.91. The lowest BCUT2D eigenvalue weighted by atomic mass is 9.89. The molecule has 90 valence electrons. The summed E-state index contributed by atoms with van der Waals surface area (Å²) in [6, 6.07) is 0. The van der Waals surface area contributed by atoms with Gasteiger partial charge in [0.15, 0.2) is 0 Å². The van der Waals surface area contributed by atoms with E-state index in [2.05, 4.69) is 26.1 Å². The van der Waals surface area contributed by atoms with Gasteiger partial charge >= 0.3 is 0 Å². The Kier molecular flexibility index (Phi) is 3.36. The predicted molar refractivity (Wildman–Crippen MR) is 70.0 cm³/mol. The van der Waals surface area contributed by atoms with Crippen LogP contribution >= 0.6 is 11.3 Å². The van der Waals surface area contributed by atoms with Gasteiger partial charge in [-0.1, -0.05) is 13.8 Å². The van der Waals surface area contributed by atoms with Crippen LogP contribution in [0, 0.1) is 5.92 Å². The van der Waals surface area contributed by atoms with E-state index in [9.17, 15) is 0 Å². The minimum Gasteiger partial charge on any atom is -0.308 e. The van der Waals surface area contributed by atoms with Crippen LogP contribution < -0.4 is 5.32 Å². The molecule has 2 rings (SSSR count). The first-order chi connectivity index (χ1) is 7.58. The van der Waals surface area contributed by atoms with Gasteiger partial charge in [0, 0.05) is 4.88 Å². The highest BCUT2D eigenvalue weighted by molar-refractivity contribution is 7.11. The summed E-state index contributed by atoms with van der Waals surface area (Å²) in [5.74, 6) is 0.560. The highest BCUT2D eigenvalue weighted by atomic mass is 32.1. The fourth-order valence-corrected chi connectivity index (χ4v) is 3.67. The predicted octanol–water partition coefficient (Wildman–Crippen LogP) is 3.11. The lowest BCUT2D eigenvalue weighted by Gasteiger charge is -2.31. The molecule has 1 heterocycles. The third-order valence-electron chi connectivity index (χ3n) is 3.96. The molecule has 0 saturated heterocycles. The Balaban J connectivity index is 2.36. The molecule has 1 aromatic rings. The van der Waals surface area contributed by atoms with Crippen LogP contribution in [0.5, 0.6) is 0 Å². The van der Waals surface area contributed by atoms with Crippen molar-refractivity contribution in [3.63, 3.8) is 0 Å². The highest BCUT2D eigenvalue weighted by Crippen LogP contribution is 2.36. The van der Waals surface area contributed by atoms with Crippen LogP contribution in [-0.2, 0) is 18.4 Å². The van der Waals surface area contributed by atoms with Crippen LogP contribution in [0.2, 0.25) is 0 Å². The van der Waals surface area contributed by atoms with E-state index < -0.39 is 0 Å². The van der Waals surface area contributed by atoms with Gasteiger partial charge in [-0.15, -0.1) is 11.3 Å². The molecule has 1 aliphatic carbocycles. The average Bonchev–Trinajstić information content (AvgIpc) is 2.71. The molecule has 0 bridgehead atoms. The van der Waals surface area contributed by atoms with E-state index >= 15 is 0 Å². The molecule has 2 nitrogen and oxygen atoms in total. The van der Waals surface area contributed by atoms with E-state index in [1.165, 1.54) is 41.3 Å². The molecule has 0 aliphatic heterocycles. The van der Waals surface area contributed by atoms with Crippen molar-refractivity contribution in [2.75, 3.05) is 7.05 Å². The summed E-state index contributed by atoms with van der Waals surface area (Å²) in [4.78, 5) is 6.40. The summed E-state index contributed by atoms with van der Waals surface area (Å²) < 4.78 is 0. The molecule has 0 saturated carbocycles. The van der Waals surface area contributed by atoms with Crippen molar-refractivity contribution in [1.82, 2.24) is 10.3 Å². The lowest BCUT2D eigenvalue weighted by molar-refractivity contribution is 0.285. The van der Waals surface area contributed by atoms with Crippen molar-refractivity contribution in [1.29, 1.82) is 0 Å². The van der Waals surface area contributed by atoms with E-state index in [-0.39, 0.29) is 5.54 Å². The number of aromatic nitrogens is 1. The van der Waals surface area contributed by atoms with Crippen LogP contribution in [0.15, 0.2) is 0 Å². The molecule has 1 N–H and O–H groups in total. The van der Waals surface area contributed by atoms with Gasteiger partial charge < -0.3 is 5.32 Å². The van der Waals surface area contributed by atoms with Crippen molar-refractivity contribution in [2.45, 2.75) is 52.0 Å². The first kappa shape index (κ1) is 12.1. The smallest absolute Gasteiger partial charge is 0.113 e. The van der Waals surface area contributed by atoms with Gasteiger partial charge in [-0.05, 0) is 45.6 Å². The number of rotatable bonds is 3. The van der Waals surface area contributed by atoms with Crippen molar-refractivity contribution in [3.05, 3.63) is 15.6 Å². The molecule has 0 spiro atoms. The van der Waals surface area contributed by atoms with Gasteiger partial charge in [0.25, 0.3) is 0 Å². The molecule has 0 radical (unpaired) electrons. The Bertz CT molecular complexity index is 347. The lowest BCUT2D eigenvalue weighted by Crippen LogP contribution is -2.41. The number of aryl methyl sites for hydroxylation is 2. The SMILES string of the molecule is CNC(C)(c1nc2c(s1)CCCC2)C(C)C. The number of hydrogen-bond acceptors (Lipinski definition) is 3. The largest absolute Gasteiger partial charge is 0.308 e. The van der Waals surface area contributed by atoms with Crippen molar-refractivity contribution in [2.24, 2.45) is 5.92 Å². The molecule has 0 amide bonds. The maximum absolute atomic E-state index is 4.87. The normalized spacial score (nSPS) is 19.6. The van der Waals surface area contributed by atoms with Crippen molar-refractivity contribution >= 4 is 11.3 Å². The monoisotopic (exact) mass is 238 g/mol. The van der Waals surface area contributed by atoms with E-state index in [0.29, 0.717) is 5.92 Å². The Labute approximate surface area is 102 Å². The van der Waals surface area contributed by atoms with Crippen LogP contribution in [0.1, 0.15) is 49.2 Å². The fourth-order valence-electron chi connectivity index (χ4n) is 2.22. The molecule has 0 fully saturated rings. The summed E-state index contributed by atoms with van der Waals surface area (Å²) in [7, 11) is 2.04. The van der Waals surface area contributed by atoms with Crippen LogP contribution in [0.3, 0.4) is 0 Å². The minimum absolute atomic E-state index is 0.0298. The van der Waals surface area contributed by atoms with Crippen LogP contribution in [0.4, 0.5) is 0 Å². The third-order valence-corrected chi connectivity index (χ3v) is 5.36. The molecule has 1 aromatic heterocycles. The van der Waals surface area contributed by atoms with E-state index in [0.717, 1.165) is 0 Å². The molecule has 3 heteroatoms. The molecular formula is C13H22N2S. The van der Waals surface area contributed by atoms with Crippen molar-refractivity contribution < 1.29 is 0 Å². The maximum Gasteiger partial charge on any atom is 0.113 e. The summed E-state index contributed by atoms with van der Waals surface area (Å²) in [5, 5.41) is 4.73. The van der Waals surface area contributed by atoms with Gasteiger partial charge in [-0.3, -0.25) is 0 Å². The molecule has 0 aromatic carbocycles. The number of hydrogen-bond donors (Lipinski definition) is 1. The number of thiazole rings is 1. The zero-order valence-corrected chi connectivity index (χ0v) is 11.6. The Morgan fingerprint density at radius 2 is 2.00 bits per heavy atom. The molecule has 16 heavy (non-hydrogen) atoms. The second kappa shape index (κ2) is 4.46. The summed E-state index contributed by atoms with van der Waals surface area (Å²) in [6.07, 6.45) is 5.08. The molecular weight excluding hydrogens is 216 g/mol. The fraction of sp³-hybridized carbons (Fsp3) is 0.769. The zero-order chi connectivity index (χ0) is 11.8.